The van der Waals surface area contributed by atoms with Gasteiger partial charge in [-0.1, -0.05) is 77.5 Å². The number of aryl methyl sites for hydroxylation is 1. The van der Waals surface area contributed by atoms with Gasteiger partial charge in [-0.05, 0) is 85.2 Å². The number of pyridine rings is 1. The first kappa shape index (κ1) is 36.2. The van der Waals surface area contributed by atoms with E-state index in [9.17, 15) is 0 Å². The molecule has 0 bridgehead atoms. The highest BCUT2D eigenvalue weighted by atomic mass is 16.4. The molecule has 1 aromatic rings. The molecule has 1 aliphatic heterocycles. The number of hydrogen-bond donors (Lipinski definition) is 2. The molecule has 2 heterocycles. The van der Waals surface area contributed by atoms with E-state index in [-0.39, 0.29) is 5.92 Å². The maximum absolute atomic E-state index is 9.07. The third-order valence-electron chi connectivity index (χ3n) is 6.19. The first-order chi connectivity index (χ1) is 17.2. The van der Waals surface area contributed by atoms with Gasteiger partial charge in [-0.15, -0.1) is 0 Å². The van der Waals surface area contributed by atoms with Crippen molar-refractivity contribution < 1.29 is 5.21 Å². The van der Waals surface area contributed by atoms with Crippen LogP contribution in [0.1, 0.15) is 97.2 Å². The molecular weight excluding hydrogens is 446 g/mol. The smallest absolute Gasteiger partial charge is 0.0924 e. The van der Waals surface area contributed by atoms with Crippen LogP contribution in [-0.4, -0.2) is 66.5 Å². The maximum Gasteiger partial charge on any atom is 0.0924 e. The van der Waals surface area contributed by atoms with Gasteiger partial charge in [0.05, 0.1) is 5.71 Å². The van der Waals surface area contributed by atoms with Crippen LogP contribution in [0.4, 0.5) is 0 Å². The molecule has 0 aromatic carbocycles. The summed E-state index contributed by atoms with van der Waals surface area (Å²) < 4.78 is 0. The fourth-order valence-electron chi connectivity index (χ4n) is 3.69. The summed E-state index contributed by atoms with van der Waals surface area (Å²) >= 11 is 0. The molecule has 1 aromatic heterocycles. The second-order valence-corrected chi connectivity index (χ2v) is 10.2. The summed E-state index contributed by atoms with van der Waals surface area (Å²) in [5, 5.41) is 12.5. The lowest BCUT2D eigenvalue weighted by Gasteiger charge is -2.17. The molecule has 6 heteroatoms. The summed E-state index contributed by atoms with van der Waals surface area (Å²) in [6.45, 7) is 16.2. The van der Waals surface area contributed by atoms with Crippen molar-refractivity contribution in [1.29, 1.82) is 0 Å². The van der Waals surface area contributed by atoms with Gasteiger partial charge in [0.15, 0.2) is 0 Å². The van der Waals surface area contributed by atoms with E-state index in [0.29, 0.717) is 5.71 Å². The lowest BCUT2D eigenvalue weighted by atomic mass is 9.99. The van der Waals surface area contributed by atoms with Crippen molar-refractivity contribution in [2.75, 3.05) is 40.8 Å². The molecule has 0 amide bonds. The number of nitrogens with zero attached hydrogens (tertiary/aromatic N) is 4. The fourth-order valence-corrected chi connectivity index (χ4v) is 3.69. The largest absolute Gasteiger partial charge is 0.411 e. The molecule has 210 valence electrons. The Balaban J connectivity index is 0. The molecule has 1 saturated heterocycles. The van der Waals surface area contributed by atoms with Crippen LogP contribution < -0.4 is 5.73 Å². The number of oxime groups is 1. The monoisotopic (exact) mass is 505 g/mol. The Hall–Kier alpha value is -1.92. The van der Waals surface area contributed by atoms with E-state index in [4.69, 9.17) is 10.9 Å². The molecule has 36 heavy (non-hydrogen) atoms. The van der Waals surface area contributed by atoms with E-state index in [1.807, 2.05) is 47.0 Å². The predicted octanol–water partition coefficient (Wildman–Crippen LogP) is 6.96. The van der Waals surface area contributed by atoms with Crippen LogP contribution in [0.2, 0.25) is 0 Å². The Kier molecular flexibility index (Phi) is 24.9. The topological polar surface area (TPSA) is 78.0 Å². The van der Waals surface area contributed by atoms with Crippen molar-refractivity contribution in [3.8, 4) is 0 Å². The zero-order valence-corrected chi connectivity index (χ0v) is 25.1. The Morgan fingerprint density at radius 2 is 1.78 bits per heavy atom. The van der Waals surface area contributed by atoms with E-state index in [2.05, 4.69) is 47.8 Å². The second-order valence-electron chi connectivity index (χ2n) is 10.2. The van der Waals surface area contributed by atoms with Gasteiger partial charge in [-0.3, -0.25) is 4.98 Å². The van der Waals surface area contributed by atoms with Gasteiger partial charge in [0.25, 0.3) is 0 Å². The zero-order valence-electron chi connectivity index (χ0n) is 25.1. The molecule has 1 aliphatic rings. The first-order valence-corrected chi connectivity index (χ1v) is 14.0. The minimum atomic E-state index is 0.171. The summed E-state index contributed by atoms with van der Waals surface area (Å²) in [4.78, 5) is 8.63. The number of hydrogen-bond acceptors (Lipinski definition) is 6. The van der Waals surface area contributed by atoms with Crippen LogP contribution in [0.5, 0.6) is 0 Å². The quantitative estimate of drug-likeness (QED) is 0.155. The molecule has 0 aliphatic carbocycles. The third-order valence-corrected chi connectivity index (χ3v) is 6.19. The minimum absolute atomic E-state index is 0.171. The van der Waals surface area contributed by atoms with Crippen LogP contribution in [0, 0.1) is 18.8 Å². The highest BCUT2D eigenvalue weighted by molar-refractivity contribution is 6.01. The number of allylic oxidation sites excluding steroid dienone is 1. The molecule has 6 nitrogen and oxygen atoms in total. The second kappa shape index (κ2) is 24.8. The molecule has 0 saturated carbocycles. The van der Waals surface area contributed by atoms with Crippen molar-refractivity contribution in [2.24, 2.45) is 22.7 Å². The van der Waals surface area contributed by atoms with Crippen LogP contribution in [0.15, 0.2) is 35.8 Å². The number of unbranched alkanes of at least 4 members (excludes halogenated alkanes) is 3. The average Bonchev–Trinajstić information content (AvgIpc) is 3.34. The summed E-state index contributed by atoms with van der Waals surface area (Å²) in [6.07, 6.45) is 16.3. The summed E-state index contributed by atoms with van der Waals surface area (Å²) in [5.74, 6) is 1.13. The Labute approximate surface area is 224 Å². The van der Waals surface area contributed by atoms with Gasteiger partial charge in [0.1, 0.15) is 0 Å². The van der Waals surface area contributed by atoms with Gasteiger partial charge < -0.3 is 20.7 Å². The zero-order chi connectivity index (χ0) is 27.8. The summed E-state index contributed by atoms with van der Waals surface area (Å²) in [7, 11) is 6.17. The lowest BCUT2D eigenvalue weighted by Crippen LogP contribution is -2.26. The molecule has 0 radical (unpaired) electrons. The van der Waals surface area contributed by atoms with Crippen molar-refractivity contribution in [3.05, 3.63) is 41.9 Å². The van der Waals surface area contributed by atoms with Crippen LogP contribution in [0.25, 0.3) is 0 Å². The molecule has 2 rings (SSSR count). The third kappa shape index (κ3) is 21.4. The lowest BCUT2D eigenvalue weighted by molar-refractivity contribution is 0.310. The van der Waals surface area contributed by atoms with Gasteiger partial charge in [0.2, 0.25) is 0 Å². The highest BCUT2D eigenvalue weighted by Crippen LogP contribution is 2.12. The summed E-state index contributed by atoms with van der Waals surface area (Å²) in [5.41, 5.74) is 7.37. The van der Waals surface area contributed by atoms with Crippen molar-refractivity contribution >= 4 is 5.71 Å². The Bertz CT molecular complexity index is 648. The van der Waals surface area contributed by atoms with Crippen LogP contribution >= 0.6 is 0 Å². The highest BCUT2D eigenvalue weighted by Gasteiger charge is 2.14. The van der Waals surface area contributed by atoms with E-state index < -0.39 is 0 Å². The Morgan fingerprint density at radius 1 is 1.17 bits per heavy atom. The minimum Gasteiger partial charge on any atom is -0.411 e. The van der Waals surface area contributed by atoms with E-state index in [1.165, 1.54) is 70.7 Å². The standard InChI is InChI=1S/C12H19N3O.C10H22.C5H11N.C3H7N/c1-9(8-15(3)4)12(14-16)11-6-5-10(2)13-7-11;1-4-6-7-8-9-10(3)5-2;1-6-4-2-3-5-6;1-2-3-4/h5-7,9,16H,8H2,1-4H3;10H,4-9H2,1-3H3;2-5H2,1H3;2-3H,4H2,1H3/b14-12+;;;3-2+. The average molecular weight is 506 g/mol. The fraction of sp³-hybridized carbons (Fsp3) is 0.733. The summed E-state index contributed by atoms with van der Waals surface area (Å²) in [6, 6.07) is 3.85. The number of nitrogens with two attached hydrogens (primary N) is 1. The van der Waals surface area contributed by atoms with Crippen molar-refractivity contribution in [2.45, 2.75) is 92.9 Å². The molecule has 2 atom stereocenters. The van der Waals surface area contributed by atoms with Gasteiger partial charge in [-0.2, -0.15) is 0 Å². The maximum atomic E-state index is 9.07. The Morgan fingerprint density at radius 3 is 2.14 bits per heavy atom. The molecular formula is C30H59N5O. The van der Waals surface area contributed by atoms with E-state index in [1.54, 1.807) is 12.3 Å². The number of rotatable bonds is 10. The van der Waals surface area contributed by atoms with Gasteiger partial charge in [0, 0.05) is 29.9 Å². The van der Waals surface area contributed by atoms with Crippen LogP contribution in [-0.2, 0) is 0 Å². The SMILES string of the molecule is C/C=C/N.CCCCCCC(C)CC.CN1CCCC1.Cc1ccc(/C(=N/O)C(C)CN(C)C)cn1. The van der Waals surface area contributed by atoms with E-state index in [0.717, 1.165) is 23.7 Å². The van der Waals surface area contributed by atoms with Crippen molar-refractivity contribution in [3.63, 3.8) is 0 Å². The number of likely N-dealkylation sites (tertiary alicyclic amines) is 1. The predicted molar refractivity (Wildman–Crippen MR) is 159 cm³/mol. The molecule has 1 fully saturated rings. The molecule has 2 unspecified atom stereocenters. The first-order valence-electron chi connectivity index (χ1n) is 14.0. The van der Waals surface area contributed by atoms with E-state index >= 15 is 0 Å². The van der Waals surface area contributed by atoms with Gasteiger partial charge in [-0.25, -0.2) is 0 Å². The normalized spacial score (nSPS) is 15.3. The van der Waals surface area contributed by atoms with Crippen LogP contribution in [0.3, 0.4) is 0 Å². The number of aromatic nitrogens is 1. The molecule has 0 spiro atoms. The molecule has 3 N–H and O–H groups in total. The van der Waals surface area contributed by atoms with Gasteiger partial charge >= 0.3 is 0 Å². The van der Waals surface area contributed by atoms with Crippen molar-refractivity contribution in [1.82, 2.24) is 14.8 Å².